The molecular formula is C14H14BrNO2. The molecule has 0 aliphatic heterocycles. The van der Waals surface area contributed by atoms with E-state index in [0.717, 1.165) is 34.7 Å². The summed E-state index contributed by atoms with van der Waals surface area (Å²) in [7, 11) is 0. The van der Waals surface area contributed by atoms with Crippen molar-refractivity contribution >= 4 is 15.9 Å². The standard InChI is InChI=1S/C14H14BrNO2/c15-10-3-1-9(2-4-10)7-14-16-12-8-11(17)5-6-13(12)18-14/h1-4,11,17H,5-8H2. The topological polar surface area (TPSA) is 46.3 Å². The minimum atomic E-state index is -0.261. The lowest BCUT2D eigenvalue weighted by Gasteiger charge is -2.13. The quantitative estimate of drug-likeness (QED) is 0.928. The van der Waals surface area contributed by atoms with E-state index in [1.807, 2.05) is 12.1 Å². The van der Waals surface area contributed by atoms with Crippen LogP contribution in [0.5, 0.6) is 0 Å². The van der Waals surface area contributed by atoms with Gasteiger partial charge in [-0.05, 0) is 24.1 Å². The summed E-state index contributed by atoms with van der Waals surface area (Å²) in [4.78, 5) is 4.48. The Morgan fingerprint density at radius 1 is 1.33 bits per heavy atom. The first-order valence-corrected chi connectivity index (χ1v) is 6.90. The van der Waals surface area contributed by atoms with E-state index in [0.29, 0.717) is 12.8 Å². The Bertz CT molecular complexity index is 547. The van der Waals surface area contributed by atoms with Crippen molar-refractivity contribution in [3.63, 3.8) is 0 Å². The second-order valence-corrected chi connectivity index (χ2v) is 5.59. The van der Waals surface area contributed by atoms with Gasteiger partial charge in [0.1, 0.15) is 5.76 Å². The molecule has 1 aromatic heterocycles. The monoisotopic (exact) mass is 307 g/mol. The Labute approximate surface area is 114 Å². The number of fused-ring (bicyclic) bond motifs is 1. The highest BCUT2D eigenvalue weighted by Crippen LogP contribution is 2.23. The SMILES string of the molecule is OC1CCc2oc(Cc3ccc(Br)cc3)nc2C1. The van der Waals surface area contributed by atoms with E-state index in [9.17, 15) is 5.11 Å². The summed E-state index contributed by atoms with van der Waals surface area (Å²) in [5.41, 5.74) is 2.11. The highest BCUT2D eigenvalue weighted by Gasteiger charge is 2.22. The van der Waals surface area contributed by atoms with Crippen LogP contribution in [0.4, 0.5) is 0 Å². The van der Waals surface area contributed by atoms with Gasteiger partial charge in [-0.3, -0.25) is 0 Å². The molecule has 2 aromatic rings. The van der Waals surface area contributed by atoms with Crippen LogP contribution in [0.2, 0.25) is 0 Å². The van der Waals surface area contributed by atoms with E-state index < -0.39 is 0 Å². The molecule has 1 aliphatic carbocycles. The third-order valence-corrected chi connectivity index (χ3v) is 3.75. The van der Waals surface area contributed by atoms with Gasteiger partial charge in [0, 0.05) is 23.7 Å². The first-order chi connectivity index (χ1) is 8.70. The molecule has 18 heavy (non-hydrogen) atoms. The Morgan fingerprint density at radius 3 is 2.89 bits per heavy atom. The number of halogens is 1. The van der Waals surface area contributed by atoms with Gasteiger partial charge in [-0.15, -0.1) is 0 Å². The largest absolute Gasteiger partial charge is 0.445 e. The third kappa shape index (κ3) is 2.49. The van der Waals surface area contributed by atoms with E-state index in [4.69, 9.17) is 4.42 Å². The smallest absolute Gasteiger partial charge is 0.199 e. The third-order valence-electron chi connectivity index (χ3n) is 3.22. The van der Waals surface area contributed by atoms with Crippen molar-refractivity contribution in [1.82, 2.24) is 4.98 Å². The molecule has 4 heteroatoms. The number of nitrogens with zero attached hydrogens (tertiary/aromatic N) is 1. The summed E-state index contributed by atoms with van der Waals surface area (Å²) < 4.78 is 6.83. The number of aryl methyl sites for hydroxylation is 1. The molecule has 3 rings (SSSR count). The zero-order valence-corrected chi connectivity index (χ0v) is 11.5. The lowest BCUT2D eigenvalue weighted by molar-refractivity contribution is 0.153. The molecule has 0 spiro atoms. The van der Waals surface area contributed by atoms with Gasteiger partial charge in [-0.2, -0.15) is 0 Å². The molecule has 0 bridgehead atoms. The van der Waals surface area contributed by atoms with Gasteiger partial charge in [0.2, 0.25) is 0 Å². The number of hydrogen-bond donors (Lipinski definition) is 1. The molecule has 94 valence electrons. The molecule has 0 saturated carbocycles. The minimum absolute atomic E-state index is 0.261. The number of aromatic nitrogens is 1. The van der Waals surface area contributed by atoms with Crippen molar-refractivity contribution in [2.75, 3.05) is 0 Å². The molecule has 1 aliphatic rings. The normalized spacial score (nSPS) is 18.7. The number of rotatable bonds is 2. The molecule has 0 radical (unpaired) electrons. The summed E-state index contributed by atoms with van der Waals surface area (Å²) in [6.07, 6.45) is 2.64. The van der Waals surface area contributed by atoms with Gasteiger partial charge in [0.25, 0.3) is 0 Å². The molecule has 1 heterocycles. The van der Waals surface area contributed by atoms with E-state index in [2.05, 4.69) is 33.0 Å². The zero-order chi connectivity index (χ0) is 12.5. The van der Waals surface area contributed by atoms with Crippen LogP contribution in [0.3, 0.4) is 0 Å². The van der Waals surface area contributed by atoms with Gasteiger partial charge in [0.15, 0.2) is 5.89 Å². The van der Waals surface area contributed by atoms with Crippen molar-refractivity contribution in [1.29, 1.82) is 0 Å². The van der Waals surface area contributed by atoms with E-state index in [-0.39, 0.29) is 6.10 Å². The van der Waals surface area contributed by atoms with Crippen molar-refractivity contribution in [3.05, 3.63) is 51.6 Å². The van der Waals surface area contributed by atoms with Gasteiger partial charge in [-0.1, -0.05) is 28.1 Å². The fraction of sp³-hybridized carbons (Fsp3) is 0.357. The highest BCUT2D eigenvalue weighted by atomic mass is 79.9. The predicted octanol–water partition coefficient (Wildman–Crippen LogP) is 2.88. The van der Waals surface area contributed by atoms with Crippen molar-refractivity contribution < 1.29 is 9.52 Å². The van der Waals surface area contributed by atoms with Gasteiger partial charge >= 0.3 is 0 Å². The van der Waals surface area contributed by atoms with Crippen molar-refractivity contribution in [2.45, 2.75) is 31.8 Å². The van der Waals surface area contributed by atoms with Crippen LogP contribution in [-0.4, -0.2) is 16.2 Å². The van der Waals surface area contributed by atoms with Gasteiger partial charge in [0.05, 0.1) is 11.8 Å². The summed E-state index contributed by atoms with van der Waals surface area (Å²) in [6, 6.07) is 8.15. The number of aliphatic hydroxyl groups excluding tert-OH is 1. The molecule has 0 fully saturated rings. The number of aliphatic hydroxyl groups is 1. The Balaban J connectivity index is 1.79. The Hall–Kier alpha value is -1.13. The lowest BCUT2D eigenvalue weighted by Crippen LogP contribution is -2.17. The van der Waals surface area contributed by atoms with Crippen LogP contribution < -0.4 is 0 Å². The maximum Gasteiger partial charge on any atom is 0.199 e. The predicted molar refractivity (Wildman–Crippen MR) is 71.5 cm³/mol. The van der Waals surface area contributed by atoms with E-state index >= 15 is 0 Å². The van der Waals surface area contributed by atoms with E-state index in [1.54, 1.807) is 0 Å². The molecule has 1 N–H and O–H groups in total. The fourth-order valence-electron chi connectivity index (χ4n) is 2.27. The van der Waals surface area contributed by atoms with Crippen LogP contribution in [0.1, 0.15) is 29.3 Å². The molecule has 1 atom stereocenters. The highest BCUT2D eigenvalue weighted by molar-refractivity contribution is 9.10. The second kappa shape index (κ2) is 4.86. The fourth-order valence-corrected chi connectivity index (χ4v) is 2.53. The van der Waals surface area contributed by atoms with Crippen LogP contribution >= 0.6 is 15.9 Å². The Kier molecular flexibility index (Phi) is 3.22. The second-order valence-electron chi connectivity index (χ2n) is 4.68. The summed E-state index contributed by atoms with van der Waals surface area (Å²) in [5.74, 6) is 1.70. The molecule has 1 unspecified atom stereocenters. The van der Waals surface area contributed by atoms with Crippen LogP contribution in [-0.2, 0) is 19.3 Å². The first kappa shape index (κ1) is 11.9. The number of benzene rings is 1. The van der Waals surface area contributed by atoms with Crippen molar-refractivity contribution in [3.8, 4) is 0 Å². The van der Waals surface area contributed by atoms with Crippen LogP contribution in [0, 0.1) is 0 Å². The molecule has 0 amide bonds. The van der Waals surface area contributed by atoms with Gasteiger partial charge < -0.3 is 9.52 Å². The first-order valence-electron chi connectivity index (χ1n) is 6.10. The lowest BCUT2D eigenvalue weighted by atomic mass is 9.99. The van der Waals surface area contributed by atoms with Crippen molar-refractivity contribution in [2.24, 2.45) is 0 Å². The maximum absolute atomic E-state index is 9.60. The summed E-state index contributed by atoms with van der Waals surface area (Å²) in [5, 5.41) is 9.60. The Morgan fingerprint density at radius 2 is 2.11 bits per heavy atom. The molecular weight excluding hydrogens is 294 g/mol. The van der Waals surface area contributed by atoms with Crippen LogP contribution in [0.15, 0.2) is 33.2 Å². The minimum Gasteiger partial charge on any atom is -0.445 e. The van der Waals surface area contributed by atoms with Crippen LogP contribution in [0.25, 0.3) is 0 Å². The average Bonchev–Trinajstić information content (AvgIpc) is 2.73. The number of hydrogen-bond acceptors (Lipinski definition) is 3. The van der Waals surface area contributed by atoms with Gasteiger partial charge in [-0.25, -0.2) is 4.98 Å². The summed E-state index contributed by atoms with van der Waals surface area (Å²) >= 11 is 3.42. The molecule has 1 aromatic carbocycles. The maximum atomic E-state index is 9.60. The molecule has 3 nitrogen and oxygen atoms in total. The molecule has 0 saturated heterocycles. The summed E-state index contributed by atoms with van der Waals surface area (Å²) in [6.45, 7) is 0. The average molecular weight is 308 g/mol. The van der Waals surface area contributed by atoms with E-state index in [1.165, 1.54) is 5.56 Å². The number of oxazole rings is 1. The zero-order valence-electron chi connectivity index (χ0n) is 9.90.